The normalized spacial score (nSPS) is 16.8. The molecule has 3 heterocycles. The van der Waals surface area contributed by atoms with Crippen LogP contribution in [0.4, 0.5) is 11.8 Å². The Kier molecular flexibility index (Phi) is 3.06. The first-order chi connectivity index (χ1) is 10.7. The average Bonchev–Trinajstić information content (AvgIpc) is 3.24. The zero-order valence-corrected chi connectivity index (χ0v) is 12.5. The zero-order valence-electron chi connectivity index (χ0n) is 12.5. The molecule has 2 N–H and O–H groups in total. The molecule has 0 bridgehead atoms. The van der Waals surface area contributed by atoms with Crippen LogP contribution in [0.3, 0.4) is 0 Å². The van der Waals surface area contributed by atoms with Crippen molar-refractivity contribution in [3.63, 3.8) is 0 Å². The van der Waals surface area contributed by atoms with E-state index in [2.05, 4.69) is 32.6 Å². The highest BCUT2D eigenvalue weighted by molar-refractivity contribution is 6.01. The predicted octanol–water partition coefficient (Wildman–Crippen LogP) is 1.93. The fraction of sp³-hybridized carbons (Fsp3) is 0.467. The molecule has 2 aromatic heterocycles. The fourth-order valence-corrected chi connectivity index (χ4v) is 2.87. The largest absolute Gasteiger partial charge is 0.354 e. The average molecular weight is 298 g/mol. The van der Waals surface area contributed by atoms with Crippen LogP contribution in [0.5, 0.6) is 0 Å². The van der Waals surface area contributed by atoms with Crippen molar-refractivity contribution in [2.75, 3.05) is 17.2 Å². The highest BCUT2D eigenvalue weighted by atomic mass is 16.2. The first-order valence-electron chi connectivity index (χ1n) is 7.68. The number of nitrogens with one attached hydrogen (secondary N) is 2. The Morgan fingerprint density at radius 3 is 3.09 bits per heavy atom. The molecule has 0 saturated heterocycles. The van der Waals surface area contributed by atoms with Crippen molar-refractivity contribution in [2.24, 2.45) is 0 Å². The van der Waals surface area contributed by atoms with Gasteiger partial charge >= 0.3 is 0 Å². The van der Waals surface area contributed by atoms with E-state index >= 15 is 0 Å². The van der Waals surface area contributed by atoms with E-state index in [1.807, 2.05) is 6.07 Å². The highest BCUT2D eigenvalue weighted by Crippen LogP contribution is 2.44. The topological polar surface area (TPSA) is 84.7 Å². The minimum Gasteiger partial charge on any atom is -0.354 e. The third-order valence-corrected chi connectivity index (χ3v) is 4.13. The maximum Gasteiger partial charge on any atom is 0.296 e. The van der Waals surface area contributed by atoms with Crippen molar-refractivity contribution in [1.29, 1.82) is 0 Å². The molecule has 0 aromatic carbocycles. The molecule has 1 aliphatic carbocycles. The van der Waals surface area contributed by atoms with E-state index in [4.69, 9.17) is 0 Å². The minimum absolute atomic E-state index is 0.189. The van der Waals surface area contributed by atoms with Crippen molar-refractivity contribution in [2.45, 2.75) is 38.6 Å². The Hall–Kier alpha value is -2.44. The van der Waals surface area contributed by atoms with Crippen LogP contribution in [-0.4, -0.2) is 32.2 Å². The lowest BCUT2D eigenvalue weighted by Crippen LogP contribution is -2.18. The molecule has 2 aliphatic rings. The first kappa shape index (κ1) is 13.2. The molecule has 0 radical (unpaired) electrons. The molecular formula is C15H18N6O. The lowest BCUT2D eigenvalue weighted by Gasteiger charge is -2.12. The number of fused-ring (bicyclic) bond motifs is 1. The van der Waals surface area contributed by atoms with Gasteiger partial charge in [0.15, 0.2) is 0 Å². The van der Waals surface area contributed by atoms with E-state index < -0.39 is 0 Å². The van der Waals surface area contributed by atoms with E-state index in [1.54, 1.807) is 10.9 Å². The van der Waals surface area contributed by atoms with Crippen molar-refractivity contribution in [1.82, 2.24) is 19.7 Å². The second kappa shape index (κ2) is 5.08. The van der Waals surface area contributed by atoms with Crippen LogP contribution in [0.25, 0.3) is 0 Å². The van der Waals surface area contributed by atoms with Crippen molar-refractivity contribution >= 4 is 17.7 Å². The van der Waals surface area contributed by atoms with E-state index in [0.717, 1.165) is 37.9 Å². The molecule has 1 amide bonds. The molecule has 22 heavy (non-hydrogen) atoms. The molecular weight excluding hydrogens is 280 g/mol. The molecule has 0 spiro atoms. The quantitative estimate of drug-likeness (QED) is 0.904. The van der Waals surface area contributed by atoms with Gasteiger partial charge in [0.2, 0.25) is 11.8 Å². The van der Waals surface area contributed by atoms with Gasteiger partial charge in [-0.15, -0.1) is 5.10 Å². The van der Waals surface area contributed by atoms with Crippen LogP contribution in [0, 0.1) is 6.92 Å². The van der Waals surface area contributed by atoms with Crippen LogP contribution in [-0.2, 0) is 6.54 Å². The number of carbonyl (C=O) groups is 1. The fourth-order valence-electron chi connectivity index (χ4n) is 2.87. The number of hydrogen-bond donors (Lipinski definition) is 2. The van der Waals surface area contributed by atoms with Gasteiger partial charge in [-0.3, -0.25) is 4.79 Å². The van der Waals surface area contributed by atoms with Gasteiger partial charge in [0.05, 0.1) is 0 Å². The molecule has 1 fully saturated rings. The number of pyridine rings is 1. The smallest absolute Gasteiger partial charge is 0.296 e. The highest BCUT2D eigenvalue weighted by Gasteiger charge is 2.29. The third-order valence-electron chi connectivity index (χ3n) is 4.13. The van der Waals surface area contributed by atoms with E-state index in [9.17, 15) is 4.79 Å². The Morgan fingerprint density at radius 1 is 1.45 bits per heavy atom. The van der Waals surface area contributed by atoms with Crippen LogP contribution in [0.15, 0.2) is 12.3 Å². The third kappa shape index (κ3) is 2.32. The summed E-state index contributed by atoms with van der Waals surface area (Å²) in [7, 11) is 0. The van der Waals surface area contributed by atoms with Crippen molar-refractivity contribution in [3.8, 4) is 0 Å². The molecule has 114 valence electrons. The molecule has 7 heteroatoms. The van der Waals surface area contributed by atoms with Crippen molar-refractivity contribution < 1.29 is 4.79 Å². The minimum atomic E-state index is -0.302. The number of anilines is 2. The number of rotatable bonds is 3. The lowest BCUT2D eigenvalue weighted by molar-refractivity contribution is 0.101. The van der Waals surface area contributed by atoms with Gasteiger partial charge in [0, 0.05) is 24.8 Å². The second-order valence-corrected chi connectivity index (χ2v) is 5.88. The zero-order chi connectivity index (χ0) is 15.1. The first-order valence-corrected chi connectivity index (χ1v) is 7.68. The Bertz CT molecular complexity index is 710. The molecule has 1 aliphatic heterocycles. The molecule has 1 saturated carbocycles. The van der Waals surface area contributed by atoms with Gasteiger partial charge in [-0.2, -0.15) is 4.98 Å². The summed E-state index contributed by atoms with van der Waals surface area (Å²) in [6, 6.07) is 1.99. The number of aromatic nitrogens is 4. The Morgan fingerprint density at radius 2 is 2.32 bits per heavy atom. The maximum absolute atomic E-state index is 12.4. The number of hydrogen-bond acceptors (Lipinski definition) is 5. The lowest BCUT2D eigenvalue weighted by atomic mass is 10.1. The summed E-state index contributed by atoms with van der Waals surface area (Å²) in [4.78, 5) is 21.0. The molecule has 4 rings (SSSR count). The van der Waals surface area contributed by atoms with Gasteiger partial charge in [0.25, 0.3) is 5.91 Å². The standard InChI is InChI=1S/C15H18N6O/c1-9-5-7-16-12(11(9)10-3-4-10)18-14(22)13-19-15-17-6-2-8-21(15)20-13/h5,7,10H,2-4,6,8H2,1H3,(H,16,18,22)(H,17,19,20). The van der Waals surface area contributed by atoms with Crippen LogP contribution >= 0.6 is 0 Å². The van der Waals surface area contributed by atoms with Gasteiger partial charge in [-0.25, -0.2) is 9.67 Å². The number of amides is 1. The Labute approximate surface area is 128 Å². The molecule has 0 atom stereocenters. The summed E-state index contributed by atoms with van der Waals surface area (Å²) in [6.07, 6.45) is 5.04. The summed E-state index contributed by atoms with van der Waals surface area (Å²) < 4.78 is 1.74. The maximum atomic E-state index is 12.4. The van der Waals surface area contributed by atoms with Gasteiger partial charge in [-0.05, 0) is 43.7 Å². The van der Waals surface area contributed by atoms with E-state index in [0.29, 0.717) is 17.7 Å². The van der Waals surface area contributed by atoms with E-state index in [1.165, 1.54) is 5.56 Å². The molecule has 2 aromatic rings. The summed E-state index contributed by atoms with van der Waals surface area (Å²) in [6.45, 7) is 3.71. The van der Waals surface area contributed by atoms with Gasteiger partial charge < -0.3 is 10.6 Å². The summed E-state index contributed by atoms with van der Waals surface area (Å²) in [5.74, 6) is 1.72. The summed E-state index contributed by atoms with van der Waals surface area (Å²) in [5.41, 5.74) is 2.32. The number of nitrogens with zero attached hydrogens (tertiary/aromatic N) is 4. The molecule has 0 unspecified atom stereocenters. The Balaban J connectivity index is 1.60. The van der Waals surface area contributed by atoms with Crippen molar-refractivity contribution in [3.05, 3.63) is 29.2 Å². The number of aryl methyl sites for hydroxylation is 2. The number of carbonyl (C=O) groups excluding carboxylic acids is 1. The SMILES string of the molecule is Cc1ccnc(NC(=O)c2nc3n(n2)CCCN3)c1C1CC1. The summed E-state index contributed by atoms with van der Waals surface area (Å²) >= 11 is 0. The van der Waals surface area contributed by atoms with E-state index in [-0.39, 0.29) is 11.7 Å². The van der Waals surface area contributed by atoms with Crippen LogP contribution in [0.1, 0.15) is 46.9 Å². The molecule has 7 nitrogen and oxygen atoms in total. The van der Waals surface area contributed by atoms with Crippen LogP contribution < -0.4 is 10.6 Å². The second-order valence-electron chi connectivity index (χ2n) is 5.88. The monoisotopic (exact) mass is 298 g/mol. The van der Waals surface area contributed by atoms with Gasteiger partial charge in [0.1, 0.15) is 5.82 Å². The van der Waals surface area contributed by atoms with Gasteiger partial charge in [-0.1, -0.05) is 0 Å². The predicted molar refractivity (Wildman–Crippen MR) is 82.0 cm³/mol. The van der Waals surface area contributed by atoms with Crippen LogP contribution in [0.2, 0.25) is 0 Å². The summed E-state index contributed by atoms with van der Waals surface area (Å²) in [5, 5.41) is 10.3.